The molecule has 1 atom stereocenters. The number of thiophene rings is 1. The molecular weight excluding hydrogens is 331 g/mol. The van der Waals surface area contributed by atoms with Gasteiger partial charge in [0.15, 0.2) is 0 Å². The van der Waals surface area contributed by atoms with Crippen LogP contribution in [-0.2, 0) is 6.54 Å². The monoisotopic (exact) mass is 344 g/mol. The average Bonchev–Trinajstić information content (AvgIpc) is 2.86. The summed E-state index contributed by atoms with van der Waals surface area (Å²) >= 11 is 13.2. The maximum absolute atomic E-state index is 11.0. The Morgan fingerprint density at radius 2 is 1.95 bits per heavy atom. The number of nitrogens with one attached hydrogen (secondary N) is 1. The van der Waals surface area contributed by atoms with Crippen LogP contribution in [0.2, 0.25) is 10.0 Å². The summed E-state index contributed by atoms with van der Waals surface area (Å²) in [5.74, 6) is -0.439. The van der Waals surface area contributed by atoms with Crippen molar-refractivity contribution in [1.82, 2.24) is 5.32 Å². The van der Waals surface area contributed by atoms with Gasteiger partial charge in [0.25, 0.3) is 0 Å². The third-order valence-electron chi connectivity index (χ3n) is 2.84. The van der Waals surface area contributed by atoms with Gasteiger partial charge in [-0.15, -0.1) is 11.3 Å². The third kappa shape index (κ3) is 4.69. The fraction of sp³-hybridized carbons (Fsp3) is 0.214. The van der Waals surface area contributed by atoms with Gasteiger partial charge in [0.2, 0.25) is 5.91 Å². The lowest BCUT2D eigenvalue weighted by molar-refractivity contribution is 0.100. The van der Waals surface area contributed by atoms with E-state index in [1.807, 2.05) is 0 Å². The molecule has 1 aromatic heterocycles. The molecule has 0 aliphatic rings. The largest absolute Gasteiger partial charge is 0.387 e. The molecule has 0 saturated heterocycles. The first-order valence-electron chi connectivity index (χ1n) is 6.17. The molecule has 0 fully saturated rings. The van der Waals surface area contributed by atoms with Gasteiger partial charge < -0.3 is 16.2 Å². The second-order valence-electron chi connectivity index (χ2n) is 4.52. The summed E-state index contributed by atoms with van der Waals surface area (Å²) in [5.41, 5.74) is 6.35. The second-order valence-corrected chi connectivity index (χ2v) is 6.38. The number of benzene rings is 1. The van der Waals surface area contributed by atoms with Crippen LogP contribution in [0.3, 0.4) is 0 Å². The Labute approximate surface area is 136 Å². The molecule has 1 heterocycles. The number of hydrogen-bond acceptors (Lipinski definition) is 4. The van der Waals surface area contributed by atoms with E-state index >= 15 is 0 Å². The predicted molar refractivity (Wildman–Crippen MR) is 86.0 cm³/mol. The Hall–Kier alpha value is -1.11. The molecule has 0 spiro atoms. The van der Waals surface area contributed by atoms with E-state index in [4.69, 9.17) is 28.9 Å². The van der Waals surface area contributed by atoms with Gasteiger partial charge in [-0.05, 0) is 29.8 Å². The number of carbonyl (C=O) groups is 1. The number of halogens is 2. The maximum atomic E-state index is 11.0. The molecule has 4 nitrogen and oxygen atoms in total. The van der Waals surface area contributed by atoms with Gasteiger partial charge >= 0.3 is 0 Å². The molecular formula is C14H14Cl2N2O2S. The van der Waals surface area contributed by atoms with Crippen LogP contribution < -0.4 is 11.1 Å². The van der Waals surface area contributed by atoms with E-state index in [0.717, 1.165) is 4.88 Å². The van der Waals surface area contributed by atoms with Crippen molar-refractivity contribution in [3.05, 3.63) is 55.7 Å². The summed E-state index contributed by atoms with van der Waals surface area (Å²) < 4.78 is 0. The molecule has 0 bridgehead atoms. The average molecular weight is 345 g/mol. The minimum absolute atomic E-state index is 0.348. The van der Waals surface area contributed by atoms with Crippen molar-refractivity contribution in [2.75, 3.05) is 6.54 Å². The highest BCUT2D eigenvalue weighted by molar-refractivity contribution is 7.10. The van der Waals surface area contributed by atoms with E-state index in [1.165, 1.54) is 11.3 Å². The fourth-order valence-electron chi connectivity index (χ4n) is 1.82. The van der Waals surface area contributed by atoms with Crippen molar-refractivity contribution in [2.45, 2.75) is 12.6 Å². The molecule has 0 aliphatic carbocycles. The molecule has 2 rings (SSSR count). The van der Waals surface area contributed by atoms with E-state index in [0.29, 0.717) is 34.3 Å². The molecule has 0 aliphatic heterocycles. The molecule has 1 aromatic carbocycles. The van der Waals surface area contributed by atoms with E-state index in [-0.39, 0.29) is 0 Å². The van der Waals surface area contributed by atoms with Crippen LogP contribution >= 0.6 is 34.5 Å². The first-order valence-corrected chi connectivity index (χ1v) is 7.81. The summed E-state index contributed by atoms with van der Waals surface area (Å²) in [6.07, 6.45) is -0.711. The maximum Gasteiger partial charge on any atom is 0.249 e. The van der Waals surface area contributed by atoms with Crippen molar-refractivity contribution in [3.8, 4) is 0 Å². The molecule has 1 unspecified atom stereocenters. The van der Waals surface area contributed by atoms with Gasteiger partial charge in [-0.25, -0.2) is 0 Å². The second kappa shape index (κ2) is 7.24. The Morgan fingerprint density at radius 3 is 2.52 bits per heavy atom. The zero-order valence-electron chi connectivity index (χ0n) is 11.0. The molecule has 0 saturated carbocycles. The van der Waals surface area contributed by atoms with Gasteiger partial charge in [-0.3, -0.25) is 4.79 Å². The highest BCUT2D eigenvalue weighted by Crippen LogP contribution is 2.23. The van der Waals surface area contributed by atoms with E-state index in [9.17, 15) is 9.90 Å². The third-order valence-corrected chi connectivity index (χ3v) is 4.22. The van der Waals surface area contributed by atoms with Crippen molar-refractivity contribution >= 4 is 40.4 Å². The zero-order chi connectivity index (χ0) is 15.4. The first kappa shape index (κ1) is 16.3. The van der Waals surface area contributed by atoms with Crippen LogP contribution in [0.25, 0.3) is 0 Å². The summed E-state index contributed by atoms with van der Waals surface area (Å²) in [7, 11) is 0. The Kier molecular flexibility index (Phi) is 5.61. The smallest absolute Gasteiger partial charge is 0.249 e. The molecule has 7 heteroatoms. The van der Waals surface area contributed by atoms with Crippen LogP contribution in [0.1, 0.15) is 26.9 Å². The minimum Gasteiger partial charge on any atom is -0.387 e. The fourth-order valence-corrected chi connectivity index (χ4v) is 3.21. The van der Waals surface area contributed by atoms with Gasteiger partial charge in [0.05, 0.1) is 11.7 Å². The van der Waals surface area contributed by atoms with Gasteiger partial charge in [-0.1, -0.05) is 23.2 Å². The molecule has 21 heavy (non-hydrogen) atoms. The van der Waals surface area contributed by atoms with Crippen LogP contribution in [-0.4, -0.2) is 17.6 Å². The Bertz CT molecular complexity index is 625. The van der Waals surface area contributed by atoms with Gasteiger partial charge in [0, 0.05) is 33.4 Å². The topological polar surface area (TPSA) is 75.4 Å². The van der Waals surface area contributed by atoms with Gasteiger partial charge in [0.1, 0.15) is 0 Å². The summed E-state index contributed by atoms with van der Waals surface area (Å²) in [5, 5.41) is 15.9. The van der Waals surface area contributed by atoms with Gasteiger partial charge in [-0.2, -0.15) is 0 Å². The van der Waals surface area contributed by atoms with Crippen LogP contribution in [0.15, 0.2) is 29.6 Å². The molecule has 2 aromatic rings. The minimum atomic E-state index is -0.711. The Balaban J connectivity index is 1.88. The van der Waals surface area contributed by atoms with E-state index in [1.54, 1.807) is 29.6 Å². The van der Waals surface area contributed by atoms with Crippen LogP contribution in [0, 0.1) is 0 Å². The first-order chi connectivity index (χ1) is 9.95. The lowest BCUT2D eigenvalue weighted by atomic mass is 10.1. The number of carbonyl (C=O) groups excluding carboxylic acids is 1. The highest BCUT2D eigenvalue weighted by atomic mass is 35.5. The molecule has 1 amide bonds. The standard InChI is InChI=1S/C14H14Cl2N2O2S/c15-10-1-8(2-11(16)4-10)13(19)6-18-5-12-3-9(7-21-12)14(17)20/h1-4,7,13,18-19H,5-6H2,(H2,17,20). The summed E-state index contributed by atoms with van der Waals surface area (Å²) in [4.78, 5) is 12.0. The molecule has 4 N–H and O–H groups in total. The SMILES string of the molecule is NC(=O)c1csc(CNCC(O)c2cc(Cl)cc(Cl)c2)c1. The number of aliphatic hydroxyl groups excluding tert-OH is 1. The lowest BCUT2D eigenvalue weighted by Crippen LogP contribution is -2.20. The number of aliphatic hydroxyl groups is 1. The van der Waals surface area contributed by atoms with Crippen LogP contribution in [0.4, 0.5) is 0 Å². The highest BCUT2D eigenvalue weighted by Gasteiger charge is 2.10. The van der Waals surface area contributed by atoms with E-state index < -0.39 is 12.0 Å². The normalized spacial score (nSPS) is 12.3. The number of amides is 1. The van der Waals surface area contributed by atoms with Crippen molar-refractivity contribution < 1.29 is 9.90 Å². The van der Waals surface area contributed by atoms with Crippen molar-refractivity contribution in [1.29, 1.82) is 0 Å². The molecule has 112 valence electrons. The number of hydrogen-bond donors (Lipinski definition) is 3. The summed E-state index contributed by atoms with van der Waals surface area (Å²) in [6.45, 7) is 0.893. The van der Waals surface area contributed by atoms with Crippen molar-refractivity contribution in [3.63, 3.8) is 0 Å². The quantitative estimate of drug-likeness (QED) is 0.753. The number of primary amides is 1. The van der Waals surface area contributed by atoms with Crippen LogP contribution in [0.5, 0.6) is 0 Å². The van der Waals surface area contributed by atoms with Crippen molar-refractivity contribution in [2.24, 2.45) is 5.73 Å². The zero-order valence-corrected chi connectivity index (χ0v) is 13.3. The lowest BCUT2D eigenvalue weighted by Gasteiger charge is -2.12. The Morgan fingerprint density at radius 1 is 1.29 bits per heavy atom. The predicted octanol–water partition coefficient (Wildman–Crippen LogP) is 2.98. The molecule has 0 radical (unpaired) electrons. The van der Waals surface area contributed by atoms with E-state index in [2.05, 4.69) is 5.32 Å². The summed E-state index contributed by atoms with van der Waals surface area (Å²) in [6, 6.07) is 6.71. The number of rotatable bonds is 6. The number of nitrogens with two attached hydrogens (primary N) is 1.